The van der Waals surface area contributed by atoms with Crippen molar-refractivity contribution in [2.24, 2.45) is 46.3 Å². The van der Waals surface area contributed by atoms with E-state index in [0.717, 1.165) is 0 Å². The van der Waals surface area contributed by atoms with Crippen LogP contribution in [0.3, 0.4) is 0 Å². The van der Waals surface area contributed by atoms with E-state index in [1.807, 2.05) is 0 Å². The van der Waals surface area contributed by atoms with Gasteiger partial charge in [0, 0.05) is 43.4 Å². The first-order valence-corrected chi connectivity index (χ1v) is 15.2. The average Bonchev–Trinajstić information content (AvgIpc) is 3.19. The second kappa shape index (κ2) is 10.3. The summed E-state index contributed by atoms with van der Waals surface area (Å²) in [6.07, 6.45) is -8.53. The first-order chi connectivity index (χ1) is 18.7. The number of fused-ring (bicyclic) bond motifs is 5. The van der Waals surface area contributed by atoms with Gasteiger partial charge in [-0.25, -0.2) is 8.42 Å². The van der Waals surface area contributed by atoms with Crippen LogP contribution in [0.2, 0.25) is 0 Å². The number of carbonyl (C=O) groups is 4. The minimum atomic E-state index is -6.79. The van der Waals surface area contributed by atoms with E-state index in [-0.39, 0.29) is 71.6 Å². The maximum atomic E-state index is 13.8. The van der Waals surface area contributed by atoms with Crippen LogP contribution in [-0.2, 0) is 34.0 Å². The van der Waals surface area contributed by atoms with Crippen molar-refractivity contribution in [3.63, 3.8) is 0 Å². The lowest BCUT2D eigenvalue weighted by atomic mass is 9.44. The Balaban J connectivity index is 1.47. The van der Waals surface area contributed by atoms with E-state index in [4.69, 9.17) is 0 Å². The average molecular weight is 614 g/mol. The molecular formula is C27H34F5O8S-. The van der Waals surface area contributed by atoms with E-state index in [0.29, 0.717) is 32.1 Å². The van der Waals surface area contributed by atoms with Gasteiger partial charge in [-0.1, -0.05) is 20.8 Å². The van der Waals surface area contributed by atoms with Crippen molar-refractivity contribution in [3.05, 3.63) is 0 Å². The maximum absolute atomic E-state index is 13.8. The van der Waals surface area contributed by atoms with Crippen molar-refractivity contribution in [3.8, 4) is 0 Å². The fraction of sp³-hybridized carbons (Fsp3) is 0.852. The molecule has 0 aliphatic heterocycles. The number of carbonyl (C=O) groups excluding carboxylic acids is 4. The summed E-state index contributed by atoms with van der Waals surface area (Å²) < 4.78 is 103. The summed E-state index contributed by atoms with van der Waals surface area (Å²) in [7, 11) is -6.79. The number of halogens is 5. The van der Waals surface area contributed by atoms with Gasteiger partial charge < -0.3 is 9.29 Å². The molecule has 232 valence electrons. The second-order valence-electron chi connectivity index (χ2n) is 12.9. The molecule has 4 aliphatic rings. The molecule has 0 bridgehead atoms. The molecule has 0 heterocycles. The van der Waals surface area contributed by atoms with Gasteiger partial charge >= 0.3 is 17.4 Å². The third-order valence-corrected chi connectivity index (χ3v) is 11.8. The Labute approximate surface area is 234 Å². The van der Waals surface area contributed by atoms with Crippen LogP contribution in [0, 0.1) is 46.3 Å². The van der Waals surface area contributed by atoms with Crippen molar-refractivity contribution in [2.75, 3.05) is 0 Å². The molecular weight excluding hydrogens is 579 g/mol. The van der Waals surface area contributed by atoms with Crippen molar-refractivity contribution >= 4 is 33.4 Å². The Hall–Kier alpha value is -1.96. The first kappa shape index (κ1) is 32.0. The van der Waals surface area contributed by atoms with Gasteiger partial charge in [-0.15, -0.1) is 0 Å². The molecule has 0 aromatic rings. The molecule has 0 aromatic carbocycles. The van der Waals surface area contributed by atoms with Crippen LogP contribution in [-0.4, -0.2) is 53.8 Å². The monoisotopic (exact) mass is 613 g/mol. The zero-order chi connectivity index (χ0) is 30.9. The third-order valence-electron chi connectivity index (χ3n) is 10.9. The molecule has 9 unspecified atom stereocenters. The highest BCUT2D eigenvalue weighted by molar-refractivity contribution is 7.86. The highest BCUT2D eigenvalue weighted by Gasteiger charge is 2.66. The minimum Gasteiger partial charge on any atom is -0.743 e. The molecule has 41 heavy (non-hydrogen) atoms. The van der Waals surface area contributed by atoms with Crippen LogP contribution in [0.25, 0.3) is 0 Å². The van der Waals surface area contributed by atoms with E-state index in [9.17, 15) is 54.1 Å². The molecule has 0 radical (unpaired) electrons. The fourth-order valence-electron chi connectivity index (χ4n) is 8.58. The summed E-state index contributed by atoms with van der Waals surface area (Å²) in [5.74, 6) is -3.35. The van der Waals surface area contributed by atoms with Crippen LogP contribution >= 0.6 is 0 Å². The van der Waals surface area contributed by atoms with E-state index >= 15 is 0 Å². The molecule has 0 aromatic heterocycles. The van der Waals surface area contributed by atoms with E-state index in [2.05, 4.69) is 11.7 Å². The Kier molecular flexibility index (Phi) is 8.06. The maximum Gasteiger partial charge on any atom is 0.432 e. The van der Waals surface area contributed by atoms with E-state index < -0.39 is 51.4 Å². The first-order valence-electron chi connectivity index (χ1n) is 13.8. The van der Waals surface area contributed by atoms with Gasteiger partial charge in [-0.2, -0.15) is 22.0 Å². The Morgan fingerprint density at radius 1 is 1.05 bits per heavy atom. The number of ether oxygens (including phenoxy) is 1. The predicted octanol–water partition coefficient (Wildman–Crippen LogP) is 4.60. The number of esters is 1. The Morgan fingerprint density at radius 2 is 1.68 bits per heavy atom. The summed E-state index contributed by atoms with van der Waals surface area (Å²) >= 11 is 0. The lowest BCUT2D eigenvalue weighted by molar-refractivity contribution is -0.259. The summed E-state index contributed by atoms with van der Waals surface area (Å²) in [4.78, 5) is 51.5. The van der Waals surface area contributed by atoms with Crippen LogP contribution < -0.4 is 0 Å². The molecule has 0 N–H and O–H groups in total. The molecule has 4 aliphatic carbocycles. The summed E-state index contributed by atoms with van der Waals surface area (Å²) in [6.45, 7) is 5.53. The number of ketones is 3. The smallest absolute Gasteiger partial charge is 0.432 e. The molecule has 0 amide bonds. The number of rotatable bonds is 7. The fourth-order valence-corrected chi connectivity index (χ4v) is 9.03. The quantitative estimate of drug-likeness (QED) is 0.231. The molecule has 8 nitrogen and oxygen atoms in total. The van der Waals surface area contributed by atoms with Gasteiger partial charge in [0.15, 0.2) is 10.1 Å². The molecule has 14 heteroatoms. The largest absolute Gasteiger partial charge is 0.743 e. The topological polar surface area (TPSA) is 135 Å². The minimum absolute atomic E-state index is 0.0373. The summed E-state index contributed by atoms with van der Waals surface area (Å²) in [6, 6.07) is 0. The Bertz CT molecular complexity index is 1230. The zero-order valence-electron chi connectivity index (χ0n) is 23.0. The molecule has 0 saturated heterocycles. The zero-order valence-corrected chi connectivity index (χ0v) is 23.8. The highest BCUT2D eigenvalue weighted by atomic mass is 32.2. The summed E-state index contributed by atoms with van der Waals surface area (Å²) in [5, 5.41) is -5.92. The van der Waals surface area contributed by atoms with Crippen molar-refractivity contribution < 1.29 is 58.8 Å². The standard InChI is InChI=1S/C27H35F5O8S/c1-13(4-7-21(36)40-23(26(28,29)30)27(31,32)41(37,38)39)16-5-6-17-22-18(12-20(35)25(16,17)3)24(2)9-8-15(33)10-14(24)11-19(22)34/h13-14,16-18,22-23H,4-12H2,1-3H3,(H,37,38,39)/p-1. The number of hydrogen-bond acceptors (Lipinski definition) is 8. The molecule has 0 spiro atoms. The molecule has 9 atom stereocenters. The Morgan fingerprint density at radius 3 is 2.27 bits per heavy atom. The van der Waals surface area contributed by atoms with Gasteiger partial charge in [0.05, 0.1) is 0 Å². The molecule has 4 rings (SSSR count). The van der Waals surface area contributed by atoms with Crippen LogP contribution in [0.1, 0.15) is 78.6 Å². The highest BCUT2D eigenvalue weighted by Crippen LogP contribution is 2.66. The number of alkyl halides is 5. The number of hydrogen-bond donors (Lipinski definition) is 0. The van der Waals surface area contributed by atoms with E-state index in [1.54, 1.807) is 13.8 Å². The van der Waals surface area contributed by atoms with Gasteiger partial charge in [0.2, 0.25) is 0 Å². The van der Waals surface area contributed by atoms with Crippen LogP contribution in [0.15, 0.2) is 0 Å². The summed E-state index contributed by atoms with van der Waals surface area (Å²) in [5.41, 5.74) is -1.25. The van der Waals surface area contributed by atoms with Crippen molar-refractivity contribution in [1.82, 2.24) is 0 Å². The third kappa shape index (κ3) is 5.25. The molecule has 4 saturated carbocycles. The normalized spacial score (nSPS) is 37.6. The SMILES string of the molecule is CC(CCC(=O)OC(C(F)(F)F)C(F)(F)S(=O)(=O)[O-])C1CCC2C3C(=O)CC4CC(=O)CCC4(C)C3CC(=O)C12C. The predicted molar refractivity (Wildman–Crippen MR) is 130 cm³/mol. The van der Waals surface area contributed by atoms with Crippen molar-refractivity contribution in [1.29, 1.82) is 0 Å². The van der Waals surface area contributed by atoms with Gasteiger partial charge in [0.1, 0.15) is 17.3 Å². The van der Waals surface area contributed by atoms with E-state index in [1.165, 1.54) is 0 Å². The molecule has 4 fully saturated rings. The van der Waals surface area contributed by atoms with Crippen LogP contribution in [0.4, 0.5) is 22.0 Å². The lowest BCUT2D eigenvalue weighted by Gasteiger charge is -2.58. The second-order valence-corrected chi connectivity index (χ2v) is 14.3. The van der Waals surface area contributed by atoms with Gasteiger partial charge in [0.25, 0.3) is 6.10 Å². The lowest BCUT2D eigenvalue weighted by Crippen LogP contribution is -2.60. The van der Waals surface area contributed by atoms with Gasteiger partial charge in [-0.05, 0) is 60.7 Å². The van der Waals surface area contributed by atoms with Crippen LogP contribution in [0.5, 0.6) is 0 Å². The van der Waals surface area contributed by atoms with Crippen molar-refractivity contribution in [2.45, 2.75) is 96.1 Å². The van der Waals surface area contributed by atoms with Gasteiger partial charge in [-0.3, -0.25) is 19.2 Å². The number of Topliss-reactive ketones (excluding diaryl/α,β-unsaturated/α-hetero) is 3.